The predicted molar refractivity (Wildman–Crippen MR) is 47.5 cm³/mol. The van der Waals surface area contributed by atoms with Gasteiger partial charge in [0.25, 0.3) is 0 Å². The monoisotopic (exact) mass is 160 g/mol. The van der Waals surface area contributed by atoms with E-state index in [9.17, 15) is 0 Å². The van der Waals surface area contributed by atoms with E-state index in [1.807, 2.05) is 6.79 Å². The van der Waals surface area contributed by atoms with Crippen LogP contribution in [0, 0.1) is 5.92 Å². The molecule has 0 radical (unpaired) electrons. The molecule has 0 aromatic rings. The third-order valence-electron chi connectivity index (χ3n) is 1.80. The molecule has 0 spiro atoms. The van der Waals surface area contributed by atoms with E-state index >= 15 is 0 Å². The van der Waals surface area contributed by atoms with Crippen molar-refractivity contribution in [2.75, 3.05) is 6.61 Å². The summed E-state index contributed by atoms with van der Waals surface area (Å²) in [5, 5.41) is 8.75. The van der Waals surface area contributed by atoms with E-state index in [0.717, 1.165) is 6.42 Å². The van der Waals surface area contributed by atoms with Crippen LogP contribution in [0.25, 0.3) is 0 Å². The first-order valence-corrected chi connectivity index (χ1v) is 4.24. The first-order chi connectivity index (χ1) is 5.35. The Kier molecular flexibility index (Phi) is 14.8. The summed E-state index contributed by atoms with van der Waals surface area (Å²) in [6.07, 6.45) is 4.83. The molecule has 68 valence electrons. The lowest BCUT2D eigenvalue weighted by molar-refractivity contribution is -0.0979. The van der Waals surface area contributed by atoms with Crippen molar-refractivity contribution in [2.24, 2.45) is 5.92 Å². The molecule has 0 aliphatic heterocycles. The minimum atomic E-state index is 0.372. The molecule has 1 N–H and O–H groups in total. The molecule has 0 heterocycles. The Morgan fingerprint density at radius 2 is 1.91 bits per heavy atom. The van der Waals surface area contributed by atoms with Gasteiger partial charge in [0.15, 0.2) is 0 Å². The molecule has 0 aromatic carbocycles. The lowest BCUT2D eigenvalue weighted by atomic mass is 10.0. The quantitative estimate of drug-likeness (QED) is 0.668. The number of hydrogen-bond donors (Lipinski definition) is 1. The topological polar surface area (TPSA) is 37.3 Å². The average molecular weight is 160 g/mol. The summed E-state index contributed by atoms with van der Waals surface area (Å²) in [5.41, 5.74) is 0. The van der Waals surface area contributed by atoms with Gasteiger partial charge in [0, 0.05) is 6.61 Å². The number of carbonyl (C=O) groups is 1. The summed E-state index contributed by atoms with van der Waals surface area (Å²) < 4.78 is 0. The van der Waals surface area contributed by atoms with Gasteiger partial charge in [0.05, 0.1) is 0 Å². The van der Waals surface area contributed by atoms with E-state index in [2.05, 4.69) is 13.8 Å². The Labute approximate surface area is 69.6 Å². The molecule has 0 aliphatic rings. The summed E-state index contributed by atoms with van der Waals surface area (Å²) in [4.78, 5) is 8.00. The molecule has 11 heavy (non-hydrogen) atoms. The van der Waals surface area contributed by atoms with Crippen molar-refractivity contribution in [2.45, 2.75) is 39.5 Å². The van der Waals surface area contributed by atoms with E-state index in [1.165, 1.54) is 19.3 Å². The van der Waals surface area contributed by atoms with Crippen LogP contribution in [0.5, 0.6) is 0 Å². The van der Waals surface area contributed by atoms with Crippen molar-refractivity contribution < 1.29 is 9.90 Å². The number of rotatable bonds is 5. The summed E-state index contributed by atoms with van der Waals surface area (Å²) in [7, 11) is 0. The van der Waals surface area contributed by atoms with Crippen molar-refractivity contribution in [3.8, 4) is 0 Å². The van der Waals surface area contributed by atoms with Crippen LogP contribution >= 0.6 is 0 Å². The van der Waals surface area contributed by atoms with E-state index in [0.29, 0.717) is 12.5 Å². The maximum Gasteiger partial charge on any atom is 0.106 e. The highest BCUT2D eigenvalue weighted by Crippen LogP contribution is 2.10. The van der Waals surface area contributed by atoms with Crippen molar-refractivity contribution in [3.63, 3.8) is 0 Å². The van der Waals surface area contributed by atoms with Crippen molar-refractivity contribution >= 4 is 6.79 Å². The van der Waals surface area contributed by atoms with Gasteiger partial charge in [-0.25, -0.2) is 0 Å². The molecule has 2 nitrogen and oxygen atoms in total. The molecule has 0 saturated heterocycles. The van der Waals surface area contributed by atoms with Crippen LogP contribution in [-0.2, 0) is 4.79 Å². The molecule has 0 rings (SSSR count). The Morgan fingerprint density at radius 1 is 1.36 bits per heavy atom. The van der Waals surface area contributed by atoms with Crippen LogP contribution in [0.3, 0.4) is 0 Å². The fourth-order valence-electron chi connectivity index (χ4n) is 0.917. The van der Waals surface area contributed by atoms with Gasteiger partial charge in [-0.05, 0) is 12.3 Å². The highest BCUT2D eigenvalue weighted by atomic mass is 16.3. The molecule has 0 amide bonds. The normalized spacial score (nSPS) is 11.5. The summed E-state index contributed by atoms with van der Waals surface area (Å²) in [5.74, 6) is 0.560. The Morgan fingerprint density at radius 3 is 2.18 bits per heavy atom. The summed E-state index contributed by atoms with van der Waals surface area (Å²) in [6, 6.07) is 0. The van der Waals surface area contributed by atoms with E-state index in [4.69, 9.17) is 9.90 Å². The number of aliphatic hydroxyl groups excluding tert-OH is 1. The maximum absolute atomic E-state index is 8.75. The van der Waals surface area contributed by atoms with Gasteiger partial charge in [0.2, 0.25) is 0 Å². The number of unbranched alkanes of at least 4 members (excludes halogenated alkanes) is 1. The number of aliphatic hydroxyl groups is 1. The molecule has 0 fully saturated rings. The Hall–Kier alpha value is -0.370. The second kappa shape index (κ2) is 12.3. The molecule has 0 aromatic heterocycles. The Bertz CT molecular complexity index is 60.6. The zero-order valence-corrected chi connectivity index (χ0v) is 7.68. The van der Waals surface area contributed by atoms with Gasteiger partial charge in [-0.15, -0.1) is 0 Å². The van der Waals surface area contributed by atoms with Crippen LogP contribution in [-0.4, -0.2) is 18.5 Å². The minimum Gasteiger partial charge on any atom is -0.396 e. The molecule has 1 unspecified atom stereocenters. The zero-order valence-electron chi connectivity index (χ0n) is 7.68. The van der Waals surface area contributed by atoms with Crippen molar-refractivity contribution in [1.29, 1.82) is 0 Å². The highest BCUT2D eigenvalue weighted by Gasteiger charge is 2.01. The molecule has 0 saturated carbocycles. The Balaban J connectivity index is 0. The fraction of sp³-hybridized carbons (Fsp3) is 0.889. The van der Waals surface area contributed by atoms with Crippen LogP contribution in [0.2, 0.25) is 0 Å². The van der Waals surface area contributed by atoms with Crippen molar-refractivity contribution in [1.82, 2.24) is 0 Å². The smallest absolute Gasteiger partial charge is 0.106 e. The number of hydrogen-bond acceptors (Lipinski definition) is 2. The van der Waals surface area contributed by atoms with E-state index < -0.39 is 0 Å². The zero-order chi connectivity index (χ0) is 9.11. The molecular weight excluding hydrogens is 140 g/mol. The summed E-state index contributed by atoms with van der Waals surface area (Å²) >= 11 is 0. The first-order valence-electron chi connectivity index (χ1n) is 4.24. The van der Waals surface area contributed by atoms with Crippen LogP contribution in [0.15, 0.2) is 0 Å². The van der Waals surface area contributed by atoms with Gasteiger partial charge in [-0.3, -0.25) is 0 Å². The van der Waals surface area contributed by atoms with Gasteiger partial charge in [-0.2, -0.15) is 0 Å². The second-order valence-corrected chi connectivity index (χ2v) is 2.60. The molecular formula is C9H20O2. The van der Waals surface area contributed by atoms with Gasteiger partial charge >= 0.3 is 0 Å². The SMILES string of the molecule is C=O.CCCCC(CC)CO. The first kappa shape index (κ1) is 13.2. The summed E-state index contributed by atoms with van der Waals surface area (Å²) in [6.45, 7) is 6.69. The minimum absolute atomic E-state index is 0.372. The average Bonchev–Trinajstić information content (AvgIpc) is 2.10. The number of carbonyl (C=O) groups excluding carboxylic acids is 1. The molecule has 1 atom stereocenters. The van der Waals surface area contributed by atoms with Crippen LogP contribution in [0.4, 0.5) is 0 Å². The third-order valence-corrected chi connectivity index (χ3v) is 1.80. The predicted octanol–water partition coefficient (Wildman–Crippen LogP) is 2.01. The largest absolute Gasteiger partial charge is 0.396 e. The third kappa shape index (κ3) is 9.63. The van der Waals surface area contributed by atoms with Crippen LogP contribution in [0.1, 0.15) is 39.5 Å². The fourth-order valence-corrected chi connectivity index (χ4v) is 0.917. The molecule has 0 bridgehead atoms. The van der Waals surface area contributed by atoms with E-state index in [1.54, 1.807) is 0 Å². The standard InChI is InChI=1S/C8H18O.CH2O/c1-3-5-6-8(4-2)7-9;1-2/h8-9H,3-7H2,1-2H3;1H2. The van der Waals surface area contributed by atoms with Gasteiger partial charge in [-0.1, -0.05) is 33.1 Å². The van der Waals surface area contributed by atoms with Gasteiger partial charge < -0.3 is 9.90 Å². The van der Waals surface area contributed by atoms with Crippen molar-refractivity contribution in [3.05, 3.63) is 0 Å². The molecule has 0 aliphatic carbocycles. The lowest BCUT2D eigenvalue weighted by Crippen LogP contribution is -2.03. The lowest BCUT2D eigenvalue weighted by Gasteiger charge is -2.08. The highest BCUT2D eigenvalue weighted by molar-refractivity contribution is 5.10. The second-order valence-electron chi connectivity index (χ2n) is 2.60. The maximum atomic E-state index is 8.75. The van der Waals surface area contributed by atoms with Crippen LogP contribution < -0.4 is 0 Å². The van der Waals surface area contributed by atoms with Gasteiger partial charge in [0.1, 0.15) is 6.79 Å². The molecule has 2 heteroatoms. The van der Waals surface area contributed by atoms with E-state index in [-0.39, 0.29) is 0 Å².